The van der Waals surface area contributed by atoms with Crippen LogP contribution in [-0.4, -0.2) is 41.9 Å². The molecule has 7 heteroatoms. The molecule has 1 aliphatic heterocycles. The second-order valence-corrected chi connectivity index (χ2v) is 6.13. The number of furan rings is 1. The van der Waals surface area contributed by atoms with E-state index in [4.69, 9.17) is 14.9 Å². The van der Waals surface area contributed by atoms with E-state index in [9.17, 15) is 14.4 Å². The molecule has 2 amide bonds. The molecule has 1 aromatic heterocycles. The summed E-state index contributed by atoms with van der Waals surface area (Å²) in [6, 6.07) is 6.64. The number of piperidine rings is 1. The van der Waals surface area contributed by atoms with Gasteiger partial charge in [0.2, 0.25) is 11.7 Å². The molecule has 1 aliphatic rings. The fourth-order valence-corrected chi connectivity index (χ4v) is 3.17. The molecule has 25 heavy (non-hydrogen) atoms. The van der Waals surface area contributed by atoms with E-state index in [1.807, 2.05) is 18.2 Å². The first-order valence-electron chi connectivity index (χ1n) is 8.23. The van der Waals surface area contributed by atoms with Crippen LogP contribution in [0.5, 0.6) is 0 Å². The smallest absolute Gasteiger partial charge is 0.375 e. The van der Waals surface area contributed by atoms with Crippen LogP contribution in [0.25, 0.3) is 11.0 Å². The number of nitrogens with zero attached hydrogens (tertiary/aromatic N) is 1. The fraction of sp³-hybridized carbons (Fsp3) is 0.389. The Bertz CT molecular complexity index is 826. The molecule has 2 heterocycles. The van der Waals surface area contributed by atoms with E-state index in [0.717, 1.165) is 18.2 Å². The number of para-hydroxylation sites is 1. The summed E-state index contributed by atoms with van der Waals surface area (Å²) in [6.45, 7) is 1.75. The molecular formula is C18H20N2O5. The van der Waals surface area contributed by atoms with Crippen molar-refractivity contribution >= 4 is 28.8 Å². The second-order valence-electron chi connectivity index (χ2n) is 6.13. The number of ether oxygens (including phenoxy) is 1. The van der Waals surface area contributed by atoms with Crippen LogP contribution in [0, 0.1) is 6.92 Å². The summed E-state index contributed by atoms with van der Waals surface area (Å²) >= 11 is 0. The first kappa shape index (κ1) is 17.0. The summed E-state index contributed by atoms with van der Waals surface area (Å²) in [4.78, 5) is 37.4. The van der Waals surface area contributed by atoms with Crippen LogP contribution in [0.2, 0.25) is 0 Å². The average molecular weight is 344 g/mol. The molecule has 1 fully saturated rings. The first-order chi connectivity index (χ1) is 12.0. The number of hydrogen-bond donors (Lipinski definition) is 1. The van der Waals surface area contributed by atoms with Crippen LogP contribution >= 0.6 is 0 Å². The van der Waals surface area contributed by atoms with Crippen LogP contribution in [0.3, 0.4) is 0 Å². The number of nitrogens with two attached hydrogens (primary N) is 1. The van der Waals surface area contributed by atoms with Crippen molar-refractivity contribution in [2.45, 2.75) is 32.2 Å². The minimum atomic E-state index is -0.699. The van der Waals surface area contributed by atoms with Gasteiger partial charge in [-0.05, 0) is 32.3 Å². The Morgan fingerprint density at radius 2 is 2.04 bits per heavy atom. The van der Waals surface area contributed by atoms with Crippen LogP contribution in [0.15, 0.2) is 28.7 Å². The molecule has 2 aromatic rings. The topological polar surface area (TPSA) is 103 Å². The number of aryl methyl sites for hydroxylation is 1. The van der Waals surface area contributed by atoms with Crippen molar-refractivity contribution in [3.05, 3.63) is 35.6 Å². The van der Waals surface area contributed by atoms with E-state index in [-0.39, 0.29) is 5.76 Å². The van der Waals surface area contributed by atoms with Gasteiger partial charge in [0.05, 0.1) is 0 Å². The van der Waals surface area contributed by atoms with Crippen molar-refractivity contribution in [2.75, 3.05) is 13.2 Å². The van der Waals surface area contributed by atoms with Gasteiger partial charge < -0.3 is 19.8 Å². The zero-order valence-electron chi connectivity index (χ0n) is 14.0. The molecule has 7 nitrogen and oxygen atoms in total. The molecule has 1 aromatic carbocycles. The Labute approximate surface area is 144 Å². The van der Waals surface area contributed by atoms with E-state index < -0.39 is 30.4 Å². The summed E-state index contributed by atoms with van der Waals surface area (Å²) in [6.07, 6.45) is 2.18. The van der Waals surface area contributed by atoms with Gasteiger partial charge in [0.1, 0.15) is 11.6 Å². The highest BCUT2D eigenvalue weighted by molar-refractivity contribution is 5.97. The highest BCUT2D eigenvalue weighted by Crippen LogP contribution is 2.25. The predicted molar refractivity (Wildman–Crippen MR) is 89.8 cm³/mol. The van der Waals surface area contributed by atoms with Crippen molar-refractivity contribution in [3.63, 3.8) is 0 Å². The fourth-order valence-electron chi connectivity index (χ4n) is 3.17. The van der Waals surface area contributed by atoms with E-state index in [0.29, 0.717) is 24.1 Å². The van der Waals surface area contributed by atoms with E-state index in [1.54, 1.807) is 13.0 Å². The molecule has 0 bridgehead atoms. The third kappa shape index (κ3) is 3.35. The number of likely N-dealkylation sites (tertiary alicyclic amines) is 1. The van der Waals surface area contributed by atoms with E-state index in [2.05, 4.69) is 0 Å². The maximum atomic E-state index is 12.3. The quantitative estimate of drug-likeness (QED) is 0.851. The highest BCUT2D eigenvalue weighted by atomic mass is 16.5. The molecule has 0 radical (unpaired) electrons. The Morgan fingerprint density at radius 1 is 1.28 bits per heavy atom. The Morgan fingerprint density at radius 3 is 2.76 bits per heavy atom. The molecule has 1 saturated heterocycles. The number of amides is 2. The Kier molecular flexibility index (Phi) is 4.74. The predicted octanol–water partition coefficient (Wildman–Crippen LogP) is 1.76. The van der Waals surface area contributed by atoms with E-state index >= 15 is 0 Å². The zero-order valence-corrected chi connectivity index (χ0v) is 14.0. The van der Waals surface area contributed by atoms with Gasteiger partial charge in [0, 0.05) is 17.5 Å². The van der Waals surface area contributed by atoms with Gasteiger partial charge in [-0.25, -0.2) is 4.79 Å². The summed E-state index contributed by atoms with van der Waals surface area (Å²) in [5.74, 6) is -1.58. The molecule has 1 atom stereocenters. The monoisotopic (exact) mass is 344 g/mol. The third-order valence-electron chi connectivity index (χ3n) is 4.51. The minimum Gasteiger partial charge on any atom is -0.450 e. The number of primary amides is 1. The first-order valence-corrected chi connectivity index (χ1v) is 8.23. The molecule has 0 spiro atoms. The summed E-state index contributed by atoms with van der Waals surface area (Å²) in [5.41, 5.74) is 6.60. The lowest BCUT2D eigenvalue weighted by Gasteiger charge is -2.33. The van der Waals surface area contributed by atoms with Gasteiger partial charge in [-0.3, -0.25) is 9.59 Å². The zero-order chi connectivity index (χ0) is 18.0. The molecule has 3 rings (SSSR count). The number of hydrogen-bond acceptors (Lipinski definition) is 5. The molecule has 0 unspecified atom stereocenters. The van der Waals surface area contributed by atoms with Gasteiger partial charge in [-0.1, -0.05) is 18.2 Å². The number of esters is 1. The van der Waals surface area contributed by atoms with Crippen molar-refractivity contribution in [2.24, 2.45) is 5.73 Å². The summed E-state index contributed by atoms with van der Waals surface area (Å²) in [7, 11) is 0. The number of rotatable bonds is 4. The average Bonchev–Trinajstić information content (AvgIpc) is 2.96. The molecular weight excluding hydrogens is 324 g/mol. The molecule has 132 valence electrons. The summed E-state index contributed by atoms with van der Waals surface area (Å²) in [5, 5.41) is 0.825. The van der Waals surface area contributed by atoms with Crippen LogP contribution in [0.4, 0.5) is 0 Å². The Hall–Kier alpha value is -2.83. The van der Waals surface area contributed by atoms with Crippen molar-refractivity contribution in [3.8, 4) is 0 Å². The SMILES string of the molecule is Cc1c(C(=O)OCC(=O)N2CCCC[C@H]2C(N)=O)oc2ccccc12. The lowest BCUT2D eigenvalue weighted by molar-refractivity contribution is -0.143. The van der Waals surface area contributed by atoms with Gasteiger partial charge >= 0.3 is 5.97 Å². The van der Waals surface area contributed by atoms with Crippen LogP contribution < -0.4 is 5.73 Å². The van der Waals surface area contributed by atoms with Crippen molar-refractivity contribution < 1.29 is 23.5 Å². The standard InChI is InChI=1S/C18H20N2O5/c1-11-12-6-2-3-8-14(12)25-16(11)18(23)24-10-15(21)20-9-5-4-7-13(20)17(19)22/h2-3,6,8,13H,4-5,7,9-10H2,1H3,(H2,19,22)/t13-/m0/s1. The minimum absolute atomic E-state index is 0.0825. The van der Waals surface area contributed by atoms with Crippen LogP contribution in [0.1, 0.15) is 35.4 Å². The largest absolute Gasteiger partial charge is 0.450 e. The van der Waals surface area contributed by atoms with Gasteiger partial charge in [0.25, 0.3) is 5.91 Å². The van der Waals surface area contributed by atoms with Gasteiger partial charge in [-0.2, -0.15) is 0 Å². The lowest BCUT2D eigenvalue weighted by atomic mass is 10.0. The number of benzene rings is 1. The lowest BCUT2D eigenvalue weighted by Crippen LogP contribution is -2.51. The maximum absolute atomic E-state index is 12.3. The highest BCUT2D eigenvalue weighted by Gasteiger charge is 2.31. The maximum Gasteiger partial charge on any atom is 0.375 e. The number of carbonyl (C=O) groups excluding carboxylic acids is 3. The summed E-state index contributed by atoms with van der Waals surface area (Å²) < 4.78 is 10.6. The Balaban J connectivity index is 1.67. The van der Waals surface area contributed by atoms with E-state index in [1.165, 1.54) is 4.90 Å². The number of carbonyl (C=O) groups is 3. The second kappa shape index (κ2) is 6.96. The van der Waals surface area contributed by atoms with Crippen LogP contribution in [-0.2, 0) is 14.3 Å². The van der Waals surface area contributed by atoms with Gasteiger partial charge in [-0.15, -0.1) is 0 Å². The molecule has 0 saturated carbocycles. The van der Waals surface area contributed by atoms with Crippen molar-refractivity contribution in [1.82, 2.24) is 4.90 Å². The molecule has 2 N–H and O–H groups in total. The van der Waals surface area contributed by atoms with Gasteiger partial charge in [0.15, 0.2) is 6.61 Å². The number of fused-ring (bicyclic) bond motifs is 1. The van der Waals surface area contributed by atoms with Crippen molar-refractivity contribution in [1.29, 1.82) is 0 Å². The molecule has 0 aliphatic carbocycles. The third-order valence-corrected chi connectivity index (χ3v) is 4.51. The normalized spacial score (nSPS) is 17.5.